The lowest BCUT2D eigenvalue weighted by atomic mass is 9.82. The van der Waals surface area contributed by atoms with Crippen LogP contribution in [0.2, 0.25) is 5.02 Å². The van der Waals surface area contributed by atoms with Gasteiger partial charge in [0.2, 0.25) is 11.8 Å². The van der Waals surface area contributed by atoms with Gasteiger partial charge in [-0.3, -0.25) is 9.69 Å². The summed E-state index contributed by atoms with van der Waals surface area (Å²) >= 11 is 6.10. The molecule has 1 saturated carbocycles. The fourth-order valence-electron chi connectivity index (χ4n) is 5.14. The summed E-state index contributed by atoms with van der Waals surface area (Å²) in [6.07, 6.45) is 5.02. The smallest absolute Gasteiger partial charge is 0.341 e. The van der Waals surface area contributed by atoms with Crippen LogP contribution < -0.4 is 4.90 Å². The molecular formula is C28H31ClN6O4. The number of benzene rings is 1. The summed E-state index contributed by atoms with van der Waals surface area (Å²) in [6.45, 7) is 7.65. The first kappa shape index (κ1) is 26.7. The van der Waals surface area contributed by atoms with Gasteiger partial charge in [0.15, 0.2) is 11.5 Å². The Balaban J connectivity index is 1.47. The van der Waals surface area contributed by atoms with Crippen molar-refractivity contribution >= 4 is 34.9 Å². The molecule has 1 aliphatic rings. The number of nitrogens with zero attached hydrogens (tertiary/aromatic N) is 6. The normalized spacial score (nSPS) is 17.6. The zero-order valence-electron chi connectivity index (χ0n) is 22.3. The van der Waals surface area contributed by atoms with Gasteiger partial charge in [0, 0.05) is 29.8 Å². The van der Waals surface area contributed by atoms with E-state index < -0.39 is 5.97 Å². The minimum Gasteiger partial charge on any atom is -0.492 e. The van der Waals surface area contributed by atoms with Gasteiger partial charge in [-0.1, -0.05) is 30.7 Å². The number of carboxylic acid groups (broad SMARTS) is 1. The SMILES string of the molecule is Cc1nc2cc(-c3ccc(-n4cc(C(=O)O)c(N(C(=O)C5CCC(C)CC5)C(C)C)n4)cc3)nn2c(O)c1Cl. The molecule has 0 saturated heterocycles. The Morgan fingerprint density at radius 1 is 1.10 bits per heavy atom. The second-order valence-electron chi connectivity index (χ2n) is 10.6. The van der Waals surface area contributed by atoms with Crippen LogP contribution in [0.15, 0.2) is 36.5 Å². The monoisotopic (exact) mass is 550 g/mol. The first-order chi connectivity index (χ1) is 18.5. The maximum atomic E-state index is 13.6. The highest BCUT2D eigenvalue weighted by Gasteiger charge is 2.34. The molecule has 0 aliphatic heterocycles. The summed E-state index contributed by atoms with van der Waals surface area (Å²) in [5.74, 6) is -0.775. The Kier molecular flexibility index (Phi) is 7.07. The average Bonchev–Trinajstić information content (AvgIpc) is 3.53. The van der Waals surface area contributed by atoms with Crippen LogP contribution >= 0.6 is 11.6 Å². The van der Waals surface area contributed by atoms with E-state index in [1.54, 1.807) is 25.1 Å². The van der Waals surface area contributed by atoms with E-state index in [1.807, 2.05) is 26.0 Å². The molecule has 1 aliphatic carbocycles. The summed E-state index contributed by atoms with van der Waals surface area (Å²) in [5.41, 5.74) is 2.89. The third kappa shape index (κ3) is 4.96. The summed E-state index contributed by atoms with van der Waals surface area (Å²) < 4.78 is 2.76. The van der Waals surface area contributed by atoms with Gasteiger partial charge in [-0.25, -0.2) is 14.5 Å². The van der Waals surface area contributed by atoms with E-state index >= 15 is 0 Å². The van der Waals surface area contributed by atoms with Crippen molar-refractivity contribution in [3.8, 4) is 22.8 Å². The highest BCUT2D eigenvalue weighted by molar-refractivity contribution is 6.32. The highest BCUT2D eigenvalue weighted by atomic mass is 35.5. The summed E-state index contributed by atoms with van der Waals surface area (Å²) in [4.78, 5) is 31.7. The predicted molar refractivity (Wildman–Crippen MR) is 148 cm³/mol. The molecule has 5 rings (SSSR count). The first-order valence-corrected chi connectivity index (χ1v) is 13.4. The van der Waals surface area contributed by atoms with E-state index in [0.29, 0.717) is 28.6 Å². The predicted octanol–water partition coefficient (Wildman–Crippen LogP) is 5.52. The molecule has 0 bridgehead atoms. The van der Waals surface area contributed by atoms with Crippen LogP contribution in [-0.4, -0.2) is 52.5 Å². The maximum absolute atomic E-state index is 13.6. The van der Waals surface area contributed by atoms with Crippen LogP contribution in [0.3, 0.4) is 0 Å². The summed E-state index contributed by atoms with van der Waals surface area (Å²) in [5, 5.41) is 29.4. The number of aromatic carboxylic acids is 1. The standard InChI is InChI=1S/C28H31ClN6O4/c1-15(2)34(26(36)19-7-5-16(3)6-8-19)25-21(28(38)39)14-33(32-25)20-11-9-18(10-12-20)22-13-23-30-17(4)24(29)27(37)35(23)31-22/h9-16,19,37H,5-8H2,1-4H3,(H,38,39). The number of carbonyl (C=O) groups excluding carboxylic acids is 1. The number of aromatic nitrogens is 5. The van der Waals surface area contributed by atoms with Gasteiger partial charge in [-0.05, 0) is 64.5 Å². The number of amides is 1. The number of carbonyl (C=O) groups is 2. The number of hydrogen-bond donors (Lipinski definition) is 2. The Labute approximate surface area is 230 Å². The first-order valence-electron chi connectivity index (χ1n) is 13.1. The highest BCUT2D eigenvalue weighted by Crippen LogP contribution is 2.33. The fourth-order valence-corrected chi connectivity index (χ4v) is 5.26. The molecule has 39 heavy (non-hydrogen) atoms. The summed E-state index contributed by atoms with van der Waals surface area (Å²) in [6, 6.07) is 8.70. The van der Waals surface area contributed by atoms with Crippen molar-refractivity contribution in [1.29, 1.82) is 0 Å². The molecular weight excluding hydrogens is 520 g/mol. The van der Waals surface area contributed by atoms with Crippen molar-refractivity contribution in [1.82, 2.24) is 24.4 Å². The van der Waals surface area contributed by atoms with Crippen LogP contribution in [0.5, 0.6) is 5.88 Å². The second-order valence-corrected chi connectivity index (χ2v) is 10.9. The van der Waals surface area contributed by atoms with E-state index in [0.717, 1.165) is 31.2 Å². The van der Waals surface area contributed by atoms with Gasteiger partial charge in [0.1, 0.15) is 10.6 Å². The van der Waals surface area contributed by atoms with Crippen molar-refractivity contribution in [2.45, 2.75) is 59.4 Å². The van der Waals surface area contributed by atoms with Crippen molar-refractivity contribution in [3.63, 3.8) is 0 Å². The third-order valence-corrected chi connectivity index (χ3v) is 7.83. The van der Waals surface area contributed by atoms with Gasteiger partial charge < -0.3 is 10.2 Å². The second kappa shape index (κ2) is 10.3. The van der Waals surface area contributed by atoms with E-state index in [2.05, 4.69) is 22.1 Å². The lowest BCUT2D eigenvalue weighted by Gasteiger charge is -2.32. The Morgan fingerprint density at radius 3 is 2.38 bits per heavy atom. The van der Waals surface area contributed by atoms with Crippen molar-refractivity contribution in [2.24, 2.45) is 11.8 Å². The molecule has 3 heterocycles. The molecule has 1 amide bonds. The van der Waals surface area contributed by atoms with Crippen LogP contribution in [0.1, 0.15) is 62.5 Å². The Hall–Kier alpha value is -3.92. The Morgan fingerprint density at radius 2 is 1.77 bits per heavy atom. The number of rotatable bonds is 6. The number of hydrogen-bond acceptors (Lipinski definition) is 6. The largest absolute Gasteiger partial charge is 0.492 e. The maximum Gasteiger partial charge on any atom is 0.341 e. The van der Waals surface area contributed by atoms with Crippen LogP contribution in [0.4, 0.5) is 5.82 Å². The lowest BCUT2D eigenvalue weighted by Crippen LogP contribution is -2.43. The van der Waals surface area contributed by atoms with Crippen LogP contribution in [-0.2, 0) is 4.79 Å². The number of aromatic hydroxyl groups is 1. The molecule has 3 aromatic heterocycles. The topological polar surface area (TPSA) is 126 Å². The number of fused-ring (bicyclic) bond motifs is 1. The van der Waals surface area contributed by atoms with Gasteiger partial charge in [0.25, 0.3) is 0 Å². The minimum absolute atomic E-state index is 0.0283. The van der Waals surface area contributed by atoms with Crippen molar-refractivity contribution in [3.05, 3.63) is 52.8 Å². The molecule has 0 unspecified atom stereocenters. The molecule has 204 valence electrons. The molecule has 2 N–H and O–H groups in total. The van der Waals surface area contributed by atoms with Gasteiger partial charge in [-0.2, -0.15) is 9.61 Å². The average molecular weight is 551 g/mol. The minimum atomic E-state index is -1.14. The third-order valence-electron chi connectivity index (χ3n) is 7.39. The molecule has 10 nitrogen and oxygen atoms in total. The summed E-state index contributed by atoms with van der Waals surface area (Å²) in [7, 11) is 0. The molecule has 0 radical (unpaired) electrons. The zero-order chi connectivity index (χ0) is 28.0. The molecule has 0 atom stereocenters. The van der Waals surface area contributed by atoms with Gasteiger partial charge >= 0.3 is 5.97 Å². The van der Waals surface area contributed by atoms with Gasteiger partial charge in [0.05, 0.1) is 17.1 Å². The van der Waals surface area contributed by atoms with E-state index in [1.165, 1.54) is 20.3 Å². The lowest BCUT2D eigenvalue weighted by molar-refractivity contribution is -0.124. The number of anilines is 1. The zero-order valence-corrected chi connectivity index (χ0v) is 23.1. The van der Waals surface area contributed by atoms with Crippen molar-refractivity contribution in [2.75, 3.05) is 4.90 Å². The molecule has 11 heteroatoms. The van der Waals surface area contributed by atoms with Crippen molar-refractivity contribution < 1.29 is 19.8 Å². The van der Waals surface area contributed by atoms with E-state index in [9.17, 15) is 19.8 Å². The molecule has 4 aromatic rings. The Bertz CT molecular complexity index is 1550. The van der Waals surface area contributed by atoms with Crippen LogP contribution in [0.25, 0.3) is 22.6 Å². The molecule has 1 aromatic carbocycles. The van der Waals surface area contributed by atoms with Gasteiger partial charge in [-0.15, -0.1) is 5.10 Å². The van der Waals surface area contributed by atoms with E-state index in [4.69, 9.17) is 11.6 Å². The fraction of sp³-hybridized carbons (Fsp3) is 0.393. The number of carboxylic acids is 1. The van der Waals surface area contributed by atoms with Crippen LogP contribution in [0, 0.1) is 18.8 Å². The number of aryl methyl sites for hydroxylation is 1. The quantitative estimate of drug-likeness (QED) is 0.324. The molecule has 1 fully saturated rings. The molecule has 0 spiro atoms. The van der Waals surface area contributed by atoms with E-state index in [-0.39, 0.29) is 40.2 Å². The number of halogens is 1.